The van der Waals surface area contributed by atoms with E-state index in [1.54, 1.807) is 0 Å². The molecule has 0 saturated carbocycles. The van der Waals surface area contributed by atoms with Gasteiger partial charge in [0.1, 0.15) is 12.5 Å². The van der Waals surface area contributed by atoms with E-state index in [0.717, 1.165) is 0 Å². The summed E-state index contributed by atoms with van der Waals surface area (Å²) >= 11 is 6.10. The Hall–Kier alpha value is -3.57. The fourth-order valence-corrected chi connectivity index (χ4v) is 3.37. The van der Waals surface area contributed by atoms with Gasteiger partial charge in [0.25, 0.3) is 5.56 Å². The van der Waals surface area contributed by atoms with Gasteiger partial charge in [-0.15, -0.1) is 0 Å². The van der Waals surface area contributed by atoms with Crippen LogP contribution in [0.4, 0.5) is 10.1 Å². The first-order valence-corrected chi connectivity index (χ1v) is 11.2. The van der Waals surface area contributed by atoms with E-state index in [-0.39, 0.29) is 51.0 Å². The SMILES string of the molecule is [C-]#[N+]c1cc(C#N)cc(Oc2c(Cl)ccc(Cc3cc(C)c(=O)n(COP(=O)([O-])[O-])n3)c2F)c1. The molecule has 0 bridgehead atoms. The average molecular weight is 503 g/mol. The van der Waals surface area contributed by atoms with Crippen LogP contribution < -0.4 is 20.1 Å². The standard InChI is InChI=1S/C21H15ClFN4O6P/c1-12-5-16(26-27(21(12)28)11-32-34(29,30)31)8-14-3-4-18(22)20(19(14)23)33-17-7-13(10-24)6-15(9-17)25-2/h3-7,9H,8,11H2,1H3,(H2,29,30,31)/p-2. The van der Waals surface area contributed by atoms with Crippen molar-refractivity contribution >= 4 is 25.1 Å². The number of benzene rings is 2. The number of rotatable bonds is 7. The summed E-state index contributed by atoms with van der Waals surface area (Å²) in [6, 6.07) is 9.99. The lowest BCUT2D eigenvalue weighted by molar-refractivity contribution is -0.344. The van der Waals surface area contributed by atoms with Crippen molar-refractivity contribution in [3.05, 3.63) is 91.4 Å². The van der Waals surface area contributed by atoms with Crippen LogP contribution in [0, 0.1) is 30.6 Å². The minimum Gasteiger partial charge on any atom is -0.790 e. The maximum Gasteiger partial charge on any atom is 0.271 e. The van der Waals surface area contributed by atoms with Gasteiger partial charge in [-0.25, -0.2) is 13.9 Å². The third-order valence-electron chi connectivity index (χ3n) is 4.41. The summed E-state index contributed by atoms with van der Waals surface area (Å²) in [6.07, 6.45) is -0.154. The number of ether oxygens (including phenoxy) is 1. The zero-order valence-electron chi connectivity index (χ0n) is 17.3. The second-order valence-corrected chi connectivity index (χ2v) is 8.46. The molecule has 174 valence electrons. The third-order valence-corrected chi connectivity index (χ3v) is 5.14. The van der Waals surface area contributed by atoms with Gasteiger partial charge in [0.05, 0.1) is 31.2 Å². The van der Waals surface area contributed by atoms with Crippen molar-refractivity contribution in [2.24, 2.45) is 0 Å². The molecule has 1 heterocycles. The van der Waals surface area contributed by atoms with Crippen LogP contribution >= 0.6 is 19.4 Å². The largest absolute Gasteiger partial charge is 0.790 e. The van der Waals surface area contributed by atoms with Crippen LogP contribution in [0.5, 0.6) is 11.5 Å². The highest BCUT2D eigenvalue weighted by Gasteiger charge is 2.17. The molecule has 0 N–H and O–H groups in total. The molecule has 0 saturated heterocycles. The summed E-state index contributed by atoms with van der Waals surface area (Å²) in [7, 11) is -5.34. The summed E-state index contributed by atoms with van der Waals surface area (Å²) in [4.78, 5) is 36.8. The van der Waals surface area contributed by atoms with E-state index in [1.165, 1.54) is 43.3 Å². The minimum atomic E-state index is -5.34. The number of halogens is 2. The van der Waals surface area contributed by atoms with Gasteiger partial charge in [0, 0.05) is 17.5 Å². The highest BCUT2D eigenvalue weighted by Crippen LogP contribution is 2.36. The molecule has 0 aliphatic rings. The summed E-state index contributed by atoms with van der Waals surface area (Å²) < 4.78 is 36.3. The third kappa shape index (κ3) is 6.06. The summed E-state index contributed by atoms with van der Waals surface area (Å²) in [6.45, 7) is 7.63. The van der Waals surface area contributed by atoms with E-state index < -0.39 is 25.9 Å². The highest BCUT2D eigenvalue weighted by atomic mass is 35.5. The highest BCUT2D eigenvalue weighted by molar-refractivity contribution is 7.43. The molecule has 0 spiro atoms. The van der Waals surface area contributed by atoms with Gasteiger partial charge in [-0.05, 0) is 42.8 Å². The van der Waals surface area contributed by atoms with Crippen molar-refractivity contribution < 1.29 is 28.0 Å². The Balaban J connectivity index is 1.95. The molecule has 0 atom stereocenters. The first-order valence-electron chi connectivity index (χ1n) is 9.32. The number of aromatic nitrogens is 2. The lowest BCUT2D eigenvalue weighted by Gasteiger charge is -2.28. The van der Waals surface area contributed by atoms with Crippen molar-refractivity contribution in [1.29, 1.82) is 5.26 Å². The van der Waals surface area contributed by atoms with E-state index >= 15 is 4.39 Å². The van der Waals surface area contributed by atoms with Gasteiger partial charge >= 0.3 is 0 Å². The van der Waals surface area contributed by atoms with E-state index in [4.69, 9.17) is 28.2 Å². The van der Waals surface area contributed by atoms with Gasteiger partial charge < -0.3 is 23.6 Å². The maximum absolute atomic E-state index is 15.3. The number of aryl methyl sites for hydroxylation is 1. The Morgan fingerprint density at radius 2 is 2.06 bits per heavy atom. The molecule has 3 aromatic rings. The van der Waals surface area contributed by atoms with E-state index in [2.05, 4.69) is 14.5 Å². The smallest absolute Gasteiger partial charge is 0.271 e. The second-order valence-electron chi connectivity index (χ2n) is 6.90. The van der Waals surface area contributed by atoms with Gasteiger partial charge in [-0.1, -0.05) is 17.7 Å². The van der Waals surface area contributed by atoms with Gasteiger partial charge in [0.2, 0.25) is 0 Å². The molecule has 3 rings (SSSR count). The maximum atomic E-state index is 15.3. The Morgan fingerprint density at radius 3 is 2.71 bits per heavy atom. The van der Waals surface area contributed by atoms with Gasteiger partial charge in [0.15, 0.2) is 17.3 Å². The fourth-order valence-electron chi connectivity index (χ4n) is 2.93. The number of nitrogens with zero attached hydrogens (tertiary/aromatic N) is 4. The van der Waals surface area contributed by atoms with Crippen molar-refractivity contribution in [3.8, 4) is 17.6 Å². The van der Waals surface area contributed by atoms with Crippen LogP contribution in [0.25, 0.3) is 4.85 Å². The summed E-state index contributed by atoms with van der Waals surface area (Å²) in [5.41, 5.74) is -0.0386. The molecule has 0 fully saturated rings. The molecule has 0 aliphatic carbocycles. The van der Waals surface area contributed by atoms with Gasteiger partial charge in [-0.2, -0.15) is 10.4 Å². The van der Waals surface area contributed by atoms with Crippen molar-refractivity contribution in [3.63, 3.8) is 0 Å². The van der Waals surface area contributed by atoms with E-state index in [9.17, 15) is 19.1 Å². The van der Waals surface area contributed by atoms with Crippen LogP contribution in [0.15, 0.2) is 41.2 Å². The molecule has 0 unspecified atom stereocenters. The van der Waals surface area contributed by atoms with Crippen LogP contribution in [0.1, 0.15) is 22.4 Å². The molecular formula is C21H13ClFN4O6P-2. The summed E-state index contributed by atoms with van der Waals surface area (Å²) in [5.74, 6) is -1.17. The minimum absolute atomic E-state index is 0.0299. The Morgan fingerprint density at radius 1 is 1.32 bits per heavy atom. The molecule has 10 nitrogen and oxygen atoms in total. The Kier molecular flexibility index (Phi) is 7.48. The predicted octanol–water partition coefficient (Wildman–Crippen LogP) is 2.95. The lowest BCUT2D eigenvalue weighted by atomic mass is 10.1. The van der Waals surface area contributed by atoms with Crippen LogP contribution in [0.2, 0.25) is 5.02 Å². The quantitative estimate of drug-likeness (QED) is 0.354. The second kappa shape index (κ2) is 10.1. The number of hydrogen-bond donors (Lipinski definition) is 0. The number of nitriles is 1. The van der Waals surface area contributed by atoms with E-state index in [1.807, 2.05) is 6.07 Å². The molecular weight excluding hydrogens is 490 g/mol. The van der Waals surface area contributed by atoms with Crippen LogP contribution in [-0.4, -0.2) is 9.78 Å². The van der Waals surface area contributed by atoms with Crippen LogP contribution in [0.3, 0.4) is 0 Å². The lowest BCUT2D eigenvalue weighted by Crippen LogP contribution is -2.29. The number of phosphoric ester groups is 1. The van der Waals surface area contributed by atoms with Crippen molar-refractivity contribution in [1.82, 2.24) is 9.78 Å². The monoisotopic (exact) mass is 502 g/mol. The fraction of sp³-hybridized carbons (Fsp3) is 0.143. The first kappa shape index (κ1) is 25.1. The zero-order chi connectivity index (χ0) is 25.0. The topological polar surface area (TPSA) is 145 Å². The number of phosphoric acid groups is 1. The van der Waals surface area contributed by atoms with E-state index in [0.29, 0.717) is 4.68 Å². The van der Waals surface area contributed by atoms with Gasteiger partial charge in [-0.3, -0.25) is 4.79 Å². The molecule has 0 aliphatic heterocycles. The first-order chi connectivity index (χ1) is 16.0. The summed E-state index contributed by atoms with van der Waals surface area (Å²) in [5, 5.41) is 13.0. The molecule has 2 aromatic carbocycles. The molecule has 13 heteroatoms. The average Bonchev–Trinajstić information content (AvgIpc) is 2.79. The predicted molar refractivity (Wildman–Crippen MR) is 114 cm³/mol. The molecule has 1 aromatic heterocycles. The molecule has 0 amide bonds. The molecule has 34 heavy (non-hydrogen) atoms. The van der Waals surface area contributed by atoms with Crippen molar-refractivity contribution in [2.75, 3.05) is 0 Å². The normalized spacial score (nSPS) is 11.0. The Labute approximate surface area is 197 Å². The number of hydrogen-bond acceptors (Lipinski definition) is 8. The molecule has 0 radical (unpaired) electrons. The van der Waals surface area contributed by atoms with Crippen molar-refractivity contribution in [2.45, 2.75) is 20.1 Å². The Bertz CT molecular complexity index is 1430. The van der Waals surface area contributed by atoms with Crippen LogP contribution in [-0.2, 0) is 22.2 Å². The zero-order valence-corrected chi connectivity index (χ0v) is 19.0.